The smallest absolute Gasteiger partial charge is 0.341 e. The zero-order valence-electron chi connectivity index (χ0n) is 20.1. The van der Waals surface area contributed by atoms with Crippen LogP contribution in [-0.4, -0.2) is 28.7 Å². The molecule has 1 aliphatic carbocycles. The van der Waals surface area contributed by atoms with Crippen molar-refractivity contribution in [3.63, 3.8) is 0 Å². The third-order valence-corrected chi connectivity index (χ3v) is 6.31. The van der Waals surface area contributed by atoms with Crippen molar-refractivity contribution in [2.75, 3.05) is 11.7 Å². The van der Waals surface area contributed by atoms with E-state index >= 15 is 0 Å². The summed E-state index contributed by atoms with van der Waals surface area (Å²) in [4.78, 5) is 21.3. The number of anilines is 1. The van der Waals surface area contributed by atoms with E-state index in [0.29, 0.717) is 12.4 Å². The van der Waals surface area contributed by atoms with Crippen LogP contribution in [0.15, 0.2) is 78.6 Å². The number of carboxylic acid groups (broad SMARTS) is 1. The molecule has 182 valence electrons. The van der Waals surface area contributed by atoms with Crippen LogP contribution in [0.25, 0.3) is 6.08 Å². The van der Waals surface area contributed by atoms with Gasteiger partial charge >= 0.3 is 5.97 Å². The molecule has 1 aromatic heterocycles. The van der Waals surface area contributed by atoms with Crippen molar-refractivity contribution in [3.8, 4) is 5.75 Å². The van der Waals surface area contributed by atoms with Gasteiger partial charge in [0.25, 0.3) is 0 Å². The molecule has 1 N–H and O–H groups in total. The summed E-state index contributed by atoms with van der Waals surface area (Å²) in [6.07, 6.45) is 10.5. The number of benzene rings is 2. The Morgan fingerprint density at radius 3 is 2.60 bits per heavy atom. The Morgan fingerprint density at radius 1 is 1.06 bits per heavy atom. The lowest BCUT2D eigenvalue weighted by atomic mass is 9.88. The van der Waals surface area contributed by atoms with Crippen LogP contribution in [0, 0.1) is 0 Å². The standard InChI is InChI=1S/C29H32N2O4/c1-2-25(31(26-8-4-3-5-9-26)35-20-23-15-17-30-18-16-23)13-11-22-12-14-27-24(19-22)7-6-10-28(27)34-21-29(32)33/h3-10,15-19,25H,2,11-14,20-21H2,1H3,(H,32,33). The molecule has 0 radical (unpaired) electrons. The van der Waals surface area contributed by atoms with E-state index in [9.17, 15) is 4.79 Å². The van der Waals surface area contributed by atoms with Crippen molar-refractivity contribution in [2.24, 2.45) is 0 Å². The Bertz CT molecular complexity index is 1130. The molecule has 0 saturated carbocycles. The second-order valence-corrected chi connectivity index (χ2v) is 8.70. The number of nitrogens with zero attached hydrogens (tertiary/aromatic N) is 2. The van der Waals surface area contributed by atoms with Gasteiger partial charge in [-0.25, -0.2) is 4.79 Å². The van der Waals surface area contributed by atoms with Crippen molar-refractivity contribution in [3.05, 3.63) is 95.3 Å². The molecule has 0 fully saturated rings. The quantitative estimate of drug-likeness (QED) is 0.323. The largest absolute Gasteiger partial charge is 0.482 e. The SMILES string of the molecule is CCC(CCC1=Cc2cccc(OCC(=O)O)c2CC1)N(OCc1ccncc1)c1ccccc1. The van der Waals surface area contributed by atoms with E-state index in [0.717, 1.165) is 54.5 Å². The summed E-state index contributed by atoms with van der Waals surface area (Å²) in [5.74, 6) is -0.291. The van der Waals surface area contributed by atoms with Gasteiger partial charge in [-0.3, -0.25) is 14.9 Å². The molecule has 0 aliphatic heterocycles. The number of carboxylic acids is 1. The fourth-order valence-corrected chi connectivity index (χ4v) is 4.46. The summed E-state index contributed by atoms with van der Waals surface area (Å²) in [6, 6.07) is 20.3. The van der Waals surface area contributed by atoms with Gasteiger partial charge in [0.05, 0.1) is 11.7 Å². The number of pyridine rings is 1. The molecule has 1 heterocycles. The van der Waals surface area contributed by atoms with E-state index in [1.54, 1.807) is 12.4 Å². The summed E-state index contributed by atoms with van der Waals surface area (Å²) in [5.41, 5.74) is 5.75. The van der Waals surface area contributed by atoms with E-state index in [1.807, 2.05) is 42.5 Å². The lowest BCUT2D eigenvalue weighted by Gasteiger charge is -2.32. The van der Waals surface area contributed by atoms with Gasteiger partial charge in [0.2, 0.25) is 0 Å². The first-order chi connectivity index (χ1) is 17.1. The van der Waals surface area contributed by atoms with Gasteiger partial charge < -0.3 is 9.84 Å². The normalized spacial score (nSPS) is 13.5. The van der Waals surface area contributed by atoms with Crippen LogP contribution in [0.5, 0.6) is 5.75 Å². The Labute approximate surface area is 206 Å². The zero-order valence-corrected chi connectivity index (χ0v) is 20.1. The maximum atomic E-state index is 10.9. The second kappa shape index (κ2) is 12.2. The highest BCUT2D eigenvalue weighted by atomic mass is 16.7. The Balaban J connectivity index is 1.45. The molecule has 6 heteroatoms. The molecule has 6 nitrogen and oxygen atoms in total. The van der Waals surface area contributed by atoms with Crippen LogP contribution in [0.3, 0.4) is 0 Å². The van der Waals surface area contributed by atoms with Crippen molar-refractivity contribution >= 4 is 17.7 Å². The van der Waals surface area contributed by atoms with Gasteiger partial charge in [-0.2, -0.15) is 0 Å². The molecule has 1 atom stereocenters. The number of carbonyl (C=O) groups is 1. The average molecular weight is 473 g/mol. The predicted octanol–water partition coefficient (Wildman–Crippen LogP) is 6.07. The predicted molar refractivity (Wildman–Crippen MR) is 137 cm³/mol. The van der Waals surface area contributed by atoms with Gasteiger partial charge in [-0.05, 0) is 73.6 Å². The first-order valence-electron chi connectivity index (χ1n) is 12.2. The lowest BCUT2D eigenvalue weighted by Crippen LogP contribution is -2.35. The molecule has 0 amide bonds. The van der Waals surface area contributed by atoms with Crippen LogP contribution in [0.4, 0.5) is 5.69 Å². The number of fused-ring (bicyclic) bond motifs is 1. The van der Waals surface area contributed by atoms with Gasteiger partial charge in [0, 0.05) is 18.0 Å². The third kappa shape index (κ3) is 6.70. The van der Waals surface area contributed by atoms with Crippen LogP contribution < -0.4 is 9.80 Å². The first kappa shape index (κ1) is 24.5. The number of rotatable bonds is 12. The number of hydroxylamine groups is 1. The second-order valence-electron chi connectivity index (χ2n) is 8.70. The Kier molecular flexibility index (Phi) is 8.52. The van der Waals surface area contributed by atoms with E-state index < -0.39 is 5.97 Å². The zero-order chi connectivity index (χ0) is 24.5. The maximum absolute atomic E-state index is 10.9. The van der Waals surface area contributed by atoms with Gasteiger partial charge in [0.15, 0.2) is 6.61 Å². The minimum atomic E-state index is -0.964. The maximum Gasteiger partial charge on any atom is 0.341 e. The van der Waals surface area contributed by atoms with Gasteiger partial charge in [-0.15, -0.1) is 0 Å². The molecule has 0 bridgehead atoms. The number of aromatic nitrogens is 1. The number of allylic oxidation sites excluding steroid dienone is 1. The molecule has 0 saturated heterocycles. The first-order valence-corrected chi connectivity index (χ1v) is 12.2. The summed E-state index contributed by atoms with van der Waals surface area (Å²) in [5, 5.41) is 11.0. The Morgan fingerprint density at radius 2 is 1.86 bits per heavy atom. The van der Waals surface area contributed by atoms with E-state index in [4.69, 9.17) is 14.7 Å². The highest BCUT2D eigenvalue weighted by Gasteiger charge is 2.21. The number of hydrogen-bond donors (Lipinski definition) is 1. The van der Waals surface area contributed by atoms with Crippen LogP contribution in [-0.2, 0) is 22.7 Å². The van der Waals surface area contributed by atoms with E-state index in [-0.39, 0.29) is 12.6 Å². The summed E-state index contributed by atoms with van der Waals surface area (Å²) in [6.45, 7) is 2.37. The molecular formula is C29H32N2O4. The van der Waals surface area contributed by atoms with Crippen LogP contribution in [0.1, 0.15) is 49.3 Å². The van der Waals surface area contributed by atoms with Crippen molar-refractivity contribution < 1.29 is 19.5 Å². The minimum absolute atomic E-state index is 0.228. The monoisotopic (exact) mass is 472 g/mol. The summed E-state index contributed by atoms with van der Waals surface area (Å²) in [7, 11) is 0. The third-order valence-electron chi connectivity index (χ3n) is 6.31. The van der Waals surface area contributed by atoms with Crippen molar-refractivity contribution in [1.82, 2.24) is 4.98 Å². The number of ether oxygens (including phenoxy) is 1. The van der Waals surface area contributed by atoms with Crippen LogP contribution >= 0.6 is 0 Å². The molecule has 3 aromatic rings. The molecule has 1 aliphatic rings. The van der Waals surface area contributed by atoms with E-state index in [1.165, 1.54) is 5.57 Å². The highest BCUT2D eigenvalue weighted by molar-refractivity contribution is 5.69. The topological polar surface area (TPSA) is 71.9 Å². The fraction of sp³-hybridized carbons (Fsp3) is 0.310. The molecule has 1 unspecified atom stereocenters. The molecule has 2 aromatic carbocycles. The van der Waals surface area contributed by atoms with Gasteiger partial charge in [-0.1, -0.05) is 48.9 Å². The number of aliphatic carboxylic acids is 1. The molecule has 0 spiro atoms. The van der Waals surface area contributed by atoms with E-state index in [2.05, 4.69) is 41.2 Å². The van der Waals surface area contributed by atoms with Crippen LogP contribution in [0.2, 0.25) is 0 Å². The lowest BCUT2D eigenvalue weighted by molar-refractivity contribution is -0.139. The molecule has 35 heavy (non-hydrogen) atoms. The van der Waals surface area contributed by atoms with Crippen molar-refractivity contribution in [1.29, 1.82) is 0 Å². The summed E-state index contributed by atoms with van der Waals surface area (Å²) >= 11 is 0. The minimum Gasteiger partial charge on any atom is -0.482 e. The number of para-hydroxylation sites is 1. The number of hydrogen-bond acceptors (Lipinski definition) is 5. The molecule has 4 rings (SSSR count). The Hall–Kier alpha value is -3.64. The molecular weight excluding hydrogens is 440 g/mol. The summed E-state index contributed by atoms with van der Waals surface area (Å²) < 4.78 is 5.50. The van der Waals surface area contributed by atoms with Crippen molar-refractivity contribution in [2.45, 2.75) is 51.7 Å². The highest BCUT2D eigenvalue weighted by Crippen LogP contribution is 2.34. The average Bonchev–Trinajstić information content (AvgIpc) is 2.90. The fourth-order valence-electron chi connectivity index (χ4n) is 4.46. The van der Waals surface area contributed by atoms with Gasteiger partial charge in [0.1, 0.15) is 12.4 Å².